The monoisotopic (exact) mass is 286 g/mol. The molecule has 7 heteroatoms. The fraction of sp³-hybridized carbons (Fsp3) is 0.500. The van der Waals surface area contributed by atoms with E-state index in [-0.39, 0.29) is 12.5 Å². The first-order valence-corrected chi connectivity index (χ1v) is 7.05. The van der Waals surface area contributed by atoms with E-state index in [0.717, 1.165) is 23.5 Å². The number of amides is 1. The van der Waals surface area contributed by atoms with E-state index in [2.05, 4.69) is 33.9 Å². The molecule has 0 spiro atoms. The lowest BCUT2D eigenvalue weighted by molar-refractivity contribution is -0.132. The summed E-state index contributed by atoms with van der Waals surface area (Å²) in [7, 11) is 0. The third-order valence-electron chi connectivity index (χ3n) is 3.41. The highest BCUT2D eigenvalue weighted by molar-refractivity contribution is 5.76. The van der Waals surface area contributed by atoms with Crippen LogP contribution in [0.15, 0.2) is 18.9 Å². The quantitative estimate of drug-likeness (QED) is 0.831. The number of carbonyl (C=O) groups excluding carboxylic acids is 1. The molecule has 1 amide bonds. The zero-order valence-corrected chi connectivity index (χ0v) is 12.2. The lowest BCUT2D eigenvalue weighted by atomic mass is 10.1. The highest BCUT2D eigenvalue weighted by Gasteiger charge is 2.25. The predicted molar refractivity (Wildman–Crippen MR) is 74.9 cm³/mol. The van der Waals surface area contributed by atoms with Crippen molar-refractivity contribution in [2.24, 2.45) is 5.92 Å². The molecule has 0 N–H and O–H groups in total. The van der Waals surface area contributed by atoms with E-state index in [1.165, 1.54) is 11.0 Å². The Labute approximate surface area is 123 Å². The number of hydrogen-bond donors (Lipinski definition) is 0. The fourth-order valence-electron chi connectivity index (χ4n) is 2.39. The lowest BCUT2D eigenvalue weighted by Crippen LogP contribution is -2.29. The molecule has 1 aliphatic rings. The van der Waals surface area contributed by atoms with E-state index in [9.17, 15) is 4.79 Å². The summed E-state index contributed by atoms with van der Waals surface area (Å²) < 4.78 is 1.53. The molecule has 3 rings (SSSR count). The van der Waals surface area contributed by atoms with Gasteiger partial charge in [0.05, 0.1) is 12.2 Å². The van der Waals surface area contributed by atoms with Crippen LogP contribution in [0.25, 0.3) is 0 Å². The Bertz CT molecular complexity index is 637. The molecule has 0 fully saturated rings. The third-order valence-corrected chi connectivity index (χ3v) is 3.41. The molecule has 0 saturated heterocycles. The molecule has 0 bridgehead atoms. The van der Waals surface area contributed by atoms with Gasteiger partial charge >= 0.3 is 0 Å². The highest BCUT2D eigenvalue weighted by Crippen LogP contribution is 2.21. The van der Waals surface area contributed by atoms with Crippen molar-refractivity contribution in [3.05, 3.63) is 35.9 Å². The normalized spacial score (nSPS) is 13.8. The maximum Gasteiger partial charge on any atom is 0.245 e. The molecule has 0 aromatic carbocycles. The van der Waals surface area contributed by atoms with Crippen LogP contribution in [0.2, 0.25) is 0 Å². The van der Waals surface area contributed by atoms with Gasteiger partial charge in [-0.1, -0.05) is 13.8 Å². The van der Waals surface area contributed by atoms with Crippen LogP contribution >= 0.6 is 0 Å². The van der Waals surface area contributed by atoms with E-state index in [1.54, 1.807) is 11.2 Å². The topological polar surface area (TPSA) is 76.8 Å². The zero-order chi connectivity index (χ0) is 14.8. The minimum Gasteiger partial charge on any atom is -0.331 e. The summed E-state index contributed by atoms with van der Waals surface area (Å²) in [4.78, 5) is 26.8. The maximum absolute atomic E-state index is 12.2. The van der Waals surface area contributed by atoms with Gasteiger partial charge in [0.25, 0.3) is 0 Å². The molecule has 0 aliphatic carbocycles. The SMILES string of the molecule is CC(C)Cc1ncc2c(n1)CN(C(=O)Cn1cncn1)C2. The van der Waals surface area contributed by atoms with Crippen molar-refractivity contribution in [3.8, 4) is 0 Å². The van der Waals surface area contributed by atoms with Crippen LogP contribution in [0.4, 0.5) is 0 Å². The molecule has 0 saturated carbocycles. The van der Waals surface area contributed by atoms with Gasteiger partial charge in [-0.2, -0.15) is 5.10 Å². The molecule has 0 unspecified atom stereocenters. The summed E-state index contributed by atoms with van der Waals surface area (Å²) in [5.74, 6) is 1.40. The molecule has 3 heterocycles. The van der Waals surface area contributed by atoms with Crippen LogP contribution in [0.5, 0.6) is 0 Å². The van der Waals surface area contributed by atoms with Crippen molar-refractivity contribution in [2.45, 2.75) is 39.9 Å². The average Bonchev–Trinajstić information content (AvgIpc) is 3.06. The number of rotatable bonds is 4. The number of fused-ring (bicyclic) bond motifs is 1. The van der Waals surface area contributed by atoms with E-state index in [4.69, 9.17) is 0 Å². The second-order valence-electron chi connectivity index (χ2n) is 5.70. The van der Waals surface area contributed by atoms with Gasteiger partial charge in [0.1, 0.15) is 25.0 Å². The first-order chi connectivity index (χ1) is 10.1. The zero-order valence-electron chi connectivity index (χ0n) is 12.2. The van der Waals surface area contributed by atoms with Crippen LogP contribution in [0.1, 0.15) is 30.9 Å². The molecule has 7 nitrogen and oxygen atoms in total. The molecule has 21 heavy (non-hydrogen) atoms. The van der Waals surface area contributed by atoms with Crippen molar-refractivity contribution in [3.63, 3.8) is 0 Å². The highest BCUT2D eigenvalue weighted by atomic mass is 16.2. The molecular weight excluding hydrogens is 268 g/mol. The molecule has 110 valence electrons. The molecule has 2 aromatic heterocycles. The molecule has 0 radical (unpaired) electrons. The Balaban J connectivity index is 1.68. The summed E-state index contributed by atoms with van der Waals surface area (Å²) in [6.45, 7) is 5.62. The van der Waals surface area contributed by atoms with Crippen LogP contribution in [0, 0.1) is 5.92 Å². The largest absolute Gasteiger partial charge is 0.331 e. The van der Waals surface area contributed by atoms with Crippen molar-refractivity contribution in [1.82, 2.24) is 29.6 Å². The number of aromatic nitrogens is 5. The van der Waals surface area contributed by atoms with E-state index < -0.39 is 0 Å². The summed E-state index contributed by atoms with van der Waals surface area (Å²) in [6.07, 6.45) is 5.68. The lowest BCUT2D eigenvalue weighted by Gasteiger charge is -2.14. The molecular formula is C14H18N6O. The molecule has 2 aromatic rings. The van der Waals surface area contributed by atoms with Gasteiger partial charge < -0.3 is 4.90 Å². The van der Waals surface area contributed by atoms with Crippen LogP contribution in [-0.4, -0.2) is 35.5 Å². The Kier molecular flexibility index (Phi) is 3.64. The minimum absolute atomic E-state index is 0.0175. The molecule has 0 atom stereocenters. The van der Waals surface area contributed by atoms with Crippen LogP contribution < -0.4 is 0 Å². The summed E-state index contributed by atoms with van der Waals surface area (Å²) in [5, 5.41) is 3.95. The average molecular weight is 286 g/mol. The predicted octanol–water partition coefficient (Wildman–Crippen LogP) is 0.809. The van der Waals surface area contributed by atoms with Crippen molar-refractivity contribution >= 4 is 5.91 Å². The Morgan fingerprint density at radius 1 is 1.38 bits per heavy atom. The number of carbonyl (C=O) groups is 1. The Morgan fingerprint density at radius 2 is 2.24 bits per heavy atom. The van der Waals surface area contributed by atoms with Crippen molar-refractivity contribution < 1.29 is 4.79 Å². The number of nitrogens with zero attached hydrogens (tertiary/aromatic N) is 6. The third kappa shape index (κ3) is 3.07. The number of hydrogen-bond acceptors (Lipinski definition) is 5. The Hall–Kier alpha value is -2.31. The van der Waals surface area contributed by atoms with Gasteiger partial charge in [-0.05, 0) is 5.92 Å². The summed E-state index contributed by atoms with van der Waals surface area (Å²) in [5.41, 5.74) is 2.00. The van der Waals surface area contributed by atoms with Gasteiger partial charge in [-0.15, -0.1) is 0 Å². The standard InChI is InChI=1S/C14H18N6O/c1-10(2)3-13-16-4-11-5-19(6-12(11)18-13)14(21)7-20-9-15-8-17-20/h4,8-10H,3,5-7H2,1-2H3. The van der Waals surface area contributed by atoms with Crippen LogP contribution in [0.3, 0.4) is 0 Å². The smallest absolute Gasteiger partial charge is 0.245 e. The van der Waals surface area contributed by atoms with Crippen molar-refractivity contribution in [2.75, 3.05) is 0 Å². The van der Waals surface area contributed by atoms with E-state index in [0.29, 0.717) is 19.0 Å². The molecule has 1 aliphatic heterocycles. The second-order valence-corrected chi connectivity index (χ2v) is 5.70. The Morgan fingerprint density at radius 3 is 2.95 bits per heavy atom. The first kappa shape index (κ1) is 13.7. The summed E-state index contributed by atoms with van der Waals surface area (Å²) in [6, 6.07) is 0. The maximum atomic E-state index is 12.2. The van der Waals surface area contributed by atoms with Crippen molar-refractivity contribution in [1.29, 1.82) is 0 Å². The first-order valence-electron chi connectivity index (χ1n) is 7.05. The van der Waals surface area contributed by atoms with Gasteiger partial charge in [-0.25, -0.2) is 19.6 Å². The minimum atomic E-state index is 0.0175. The second kappa shape index (κ2) is 5.59. The van der Waals surface area contributed by atoms with Gasteiger partial charge in [0, 0.05) is 24.7 Å². The van der Waals surface area contributed by atoms with E-state index >= 15 is 0 Å². The fourth-order valence-corrected chi connectivity index (χ4v) is 2.39. The summed E-state index contributed by atoms with van der Waals surface area (Å²) >= 11 is 0. The van der Waals surface area contributed by atoms with Crippen LogP contribution in [-0.2, 0) is 30.8 Å². The van der Waals surface area contributed by atoms with E-state index in [1.807, 2.05) is 6.20 Å². The van der Waals surface area contributed by atoms with Gasteiger partial charge in [-0.3, -0.25) is 4.79 Å². The van der Waals surface area contributed by atoms with Gasteiger partial charge in [0.15, 0.2) is 0 Å². The van der Waals surface area contributed by atoms with Gasteiger partial charge in [0.2, 0.25) is 5.91 Å².